The summed E-state index contributed by atoms with van der Waals surface area (Å²) in [6.07, 6.45) is 5.15. The molecule has 2 aromatic heterocycles. The molecule has 0 bridgehead atoms. The standard InChI is InChI=1S/C33H37N7O3/c1-20(2)29(39-33(42)43-3)32(41)40-17-5-7-28(40)31-35-19-27(38-31)23-13-10-21(11-14-23)8-9-22-12-15-24-26(18-22)37-30(36-24)25-6-4-16-34-25/h10-15,18-20,25,28-29,34H,4-7,16-17H2,1-3H3,(H,35,38)(H,36,37)(H,39,42)/t25-,28-,29-/m0/s1. The van der Waals surface area contributed by atoms with Gasteiger partial charge in [0.1, 0.15) is 17.7 Å². The molecule has 10 nitrogen and oxygen atoms in total. The van der Waals surface area contributed by atoms with Gasteiger partial charge < -0.3 is 30.2 Å². The molecule has 0 saturated carbocycles. The lowest BCUT2D eigenvalue weighted by molar-refractivity contribution is -0.135. The highest BCUT2D eigenvalue weighted by atomic mass is 16.5. The third kappa shape index (κ3) is 6.13. The first kappa shape index (κ1) is 28.5. The molecular weight excluding hydrogens is 542 g/mol. The van der Waals surface area contributed by atoms with Gasteiger partial charge in [-0.15, -0.1) is 0 Å². The summed E-state index contributed by atoms with van der Waals surface area (Å²) < 4.78 is 4.73. The average Bonchev–Trinajstić information content (AvgIpc) is 3.84. The lowest BCUT2D eigenvalue weighted by Gasteiger charge is -2.30. The number of rotatable bonds is 6. The van der Waals surface area contributed by atoms with Crippen LogP contribution in [-0.2, 0) is 9.53 Å². The number of nitrogens with one attached hydrogen (secondary N) is 4. The summed E-state index contributed by atoms with van der Waals surface area (Å²) in [7, 11) is 1.30. The maximum atomic E-state index is 13.4. The fourth-order valence-corrected chi connectivity index (χ4v) is 5.91. The highest BCUT2D eigenvalue weighted by molar-refractivity contribution is 5.86. The lowest BCUT2D eigenvalue weighted by atomic mass is 10.0. The molecule has 2 aromatic carbocycles. The molecule has 43 heavy (non-hydrogen) atoms. The smallest absolute Gasteiger partial charge is 0.407 e. The van der Waals surface area contributed by atoms with Gasteiger partial charge >= 0.3 is 6.09 Å². The molecule has 2 fully saturated rings. The Morgan fingerprint density at radius 3 is 2.56 bits per heavy atom. The van der Waals surface area contributed by atoms with Crippen molar-refractivity contribution in [1.29, 1.82) is 0 Å². The number of H-pyrrole nitrogens is 2. The quantitative estimate of drug-likeness (QED) is 0.243. The normalized spacial score (nSPS) is 18.9. The Hall–Kier alpha value is -4.62. The van der Waals surface area contributed by atoms with Gasteiger partial charge in [0.25, 0.3) is 0 Å². The van der Waals surface area contributed by atoms with Crippen molar-refractivity contribution >= 4 is 23.0 Å². The molecule has 10 heteroatoms. The topological polar surface area (TPSA) is 128 Å². The third-order valence-corrected chi connectivity index (χ3v) is 8.28. The number of amides is 2. The van der Waals surface area contributed by atoms with Gasteiger partial charge in [-0.25, -0.2) is 14.8 Å². The molecule has 4 heterocycles. The predicted octanol–water partition coefficient (Wildman–Crippen LogP) is 4.82. The van der Waals surface area contributed by atoms with E-state index in [0.717, 1.165) is 70.9 Å². The fraction of sp³-hybridized carbons (Fsp3) is 0.394. The summed E-state index contributed by atoms with van der Waals surface area (Å²) in [6.45, 7) is 5.47. The molecule has 4 aromatic rings. The highest BCUT2D eigenvalue weighted by Gasteiger charge is 2.37. The second kappa shape index (κ2) is 12.3. The highest BCUT2D eigenvalue weighted by Crippen LogP contribution is 2.33. The summed E-state index contributed by atoms with van der Waals surface area (Å²) in [5, 5.41) is 6.18. The van der Waals surface area contributed by atoms with Crippen LogP contribution in [0.3, 0.4) is 0 Å². The zero-order valence-electron chi connectivity index (χ0n) is 24.7. The number of likely N-dealkylation sites (tertiary alicyclic amines) is 1. The predicted molar refractivity (Wildman–Crippen MR) is 164 cm³/mol. The van der Waals surface area contributed by atoms with Crippen LogP contribution in [0.1, 0.15) is 74.4 Å². The number of ether oxygens (including phenoxy) is 1. The maximum absolute atomic E-state index is 13.4. The van der Waals surface area contributed by atoms with Gasteiger partial charge in [0.2, 0.25) is 5.91 Å². The molecule has 3 atom stereocenters. The molecule has 2 saturated heterocycles. The van der Waals surface area contributed by atoms with Crippen molar-refractivity contribution in [3.05, 3.63) is 71.4 Å². The molecule has 2 aliphatic heterocycles. The summed E-state index contributed by atoms with van der Waals surface area (Å²) in [6, 6.07) is 13.6. The van der Waals surface area contributed by atoms with Gasteiger partial charge in [0.05, 0.1) is 42.1 Å². The Bertz CT molecular complexity index is 1670. The number of methoxy groups -OCH3 is 1. The van der Waals surface area contributed by atoms with E-state index in [1.165, 1.54) is 13.5 Å². The molecule has 0 spiro atoms. The van der Waals surface area contributed by atoms with Crippen LogP contribution >= 0.6 is 0 Å². The van der Waals surface area contributed by atoms with E-state index in [2.05, 4.69) is 43.5 Å². The van der Waals surface area contributed by atoms with E-state index in [0.29, 0.717) is 12.6 Å². The lowest BCUT2D eigenvalue weighted by Crippen LogP contribution is -2.51. The van der Waals surface area contributed by atoms with Crippen molar-refractivity contribution < 1.29 is 14.3 Å². The average molecular weight is 580 g/mol. The second-order valence-electron chi connectivity index (χ2n) is 11.6. The van der Waals surface area contributed by atoms with Crippen molar-refractivity contribution in [2.75, 3.05) is 20.2 Å². The van der Waals surface area contributed by atoms with E-state index in [1.807, 2.05) is 55.1 Å². The van der Waals surface area contributed by atoms with Crippen molar-refractivity contribution in [3.63, 3.8) is 0 Å². The third-order valence-electron chi connectivity index (χ3n) is 8.28. The molecule has 2 aliphatic rings. The van der Waals surface area contributed by atoms with Gasteiger partial charge in [-0.1, -0.05) is 37.8 Å². The van der Waals surface area contributed by atoms with E-state index in [1.54, 1.807) is 6.20 Å². The minimum atomic E-state index is -0.663. The number of benzene rings is 2. The van der Waals surface area contributed by atoms with Crippen molar-refractivity contribution in [1.82, 2.24) is 35.5 Å². The molecule has 0 aliphatic carbocycles. The van der Waals surface area contributed by atoms with Crippen LogP contribution < -0.4 is 10.6 Å². The minimum absolute atomic E-state index is 0.0815. The molecule has 4 N–H and O–H groups in total. The van der Waals surface area contributed by atoms with E-state index in [4.69, 9.17) is 9.72 Å². The Kier molecular flexibility index (Phi) is 8.16. The number of imidazole rings is 2. The van der Waals surface area contributed by atoms with Crippen LogP contribution in [0.15, 0.2) is 48.7 Å². The van der Waals surface area contributed by atoms with Gasteiger partial charge in [-0.2, -0.15) is 0 Å². The van der Waals surface area contributed by atoms with Crippen molar-refractivity contribution in [3.8, 4) is 23.1 Å². The van der Waals surface area contributed by atoms with Gasteiger partial charge in [0, 0.05) is 17.7 Å². The molecular formula is C33H37N7O3. The monoisotopic (exact) mass is 579 g/mol. The SMILES string of the molecule is COC(=O)N[C@H](C(=O)N1CCC[C@H]1c1ncc(-c2ccc(C#Cc3ccc4nc([C@@H]5CCCN5)[nH]c4c3)cc2)[nH]1)C(C)C. The van der Waals surface area contributed by atoms with Crippen LogP contribution in [0.25, 0.3) is 22.3 Å². The van der Waals surface area contributed by atoms with E-state index >= 15 is 0 Å². The number of fused-ring (bicyclic) bond motifs is 1. The van der Waals surface area contributed by atoms with Crippen LogP contribution in [-0.4, -0.2) is 63.1 Å². The maximum Gasteiger partial charge on any atom is 0.407 e. The van der Waals surface area contributed by atoms with Crippen LogP contribution in [0.5, 0.6) is 0 Å². The summed E-state index contributed by atoms with van der Waals surface area (Å²) in [5.41, 5.74) is 5.66. The molecule has 0 unspecified atom stereocenters. The van der Waals surface area contributed by atoms with E-state index in [-0.39, 0.29) is 17.9 Å². The number of hydrogen-bond acceptors (Lipinski definition) is 6. The summed E-state index contributed by atoms with van der Waals surface area (Å²) in [5.74, 6) is 8.08. The fourth-order valence-electron chi connectivity index (χ4n) is 5.91. The first-order chi connectivity index (χ1) is 20.9. The zero-order chi connectivity index (χ0) is 29.9. The summed E-state index contributed by atoms with van der Waals surface area (Å²) in [4.78, 5) is 43.3. The molecule has 6 rings (SSSR count). The van der Waals surface area contributed by atoms with Crippen LogP contribution in [0, 0.1) is 17.8 Å². The van der Waals surface area contributed by atoms with Gasteiger partial charge in [0.15, 0.2) is 0 Å². The second-order valence-corrected chi connectivity index (χ2v) is 11.6. The number of hydrogen-bond donors (Lipinski definition) is 4. The van der Waals surface area contributed by atoms with Crippen LogP contribution in [0.4, 0.5) is 4.79 Å². The largest absolute Gasteiger partial charge is 0.453 e. The number of aromatic nitrogens is 4. The molecule has 0 radical (unpaired) electrons. The van der Waals surface area contributed by atoms with E-state index in [9.17, 15) is 9.59 Å². The van der Waals surface area contributed by atoms with Gasteiger partial charge in [-0.05, 0) is 74.0 Å². The molecule has 2 amide bonds. The van der Waals surface area contributed by atoms with E-state index < -0.39 is 12.1 Å². The number of carbonyl (C=O) groups excluding carboxylic acids is 2. The number of alkyl carbamates (subject to hydrolysis) is 1. The Morgan fingerprint density at radius 1 is 1.02 bits per heavy atom. The first-order valence-electron chi connectivity index (χ1n) is 14.9. The summed E-state index contributed by atoms with van der Waals surface area (Å²) >= 11 is 0. The number of nitrogens with zero attached hydrogens (tertiary/aromatic N) is 3. The van der Waals surface area contributed by atoms with Crippen molar-refractivity contribution in [2.24, 2.45) is 5.92 Å². The Morgan fingerprint density at radius 2 is 1.81 bits per heavy atom. The zero-order valence-corrected chi connectivity index (χ0v) is 24.7. The minimum Gasteiger partial charge on any atom is -0.453 e. The first-order valence-corrected chi connectivity index (χ1v) is 14.9. The number of aromatic amines is 2. The number of carbonyl (C=O) groups is 2. The molecule has 222 valence electrons. The Balaban J connectivity index is 1.13. The van der Waals surface area contributed by atoms with Gasteiger partial charge in [-0.3, -0.25) is 4.79 Å². The van der Waals surface area contributed by atoms with Crippen molar-refractivity contribution in [2.45, 2.75) is 57.7 Å². The van der Waals surface area contributed by atoms with Crippen LogP contribution in [0.2, 0.25) is 0 Å². The Labute approximate surface area is 251 Å².